The summed E-state index contributed by atoms with van der Waals surface area (Å²) in [6.07, 6.45) is 12.0. The van der Waals surface area contributed by atoms with Gasteiger partial charge >= 0.3 is 0 Å². The Morgan fingerprint density at radius 3 is 2.95 bits per heavy atom. The van der Waals surface area contributed by atoms with E-state index in [0.717, 1.165) is 12.0 Å². The van der Waals surface area contributed by atoms with E-state index in [9.17, 15) is 0 Å². The molecule has 20 heavy (non-hydrogen) atoms. The van der Waals surface area contributed by atoms with Crippen LogP contribution in [0.3, 0.4) is 0 Å². The second kappa shape index (κ2) is 6.68. The second-order valence-corrected chi connectivity index (χ2v) is 6.43. The number of hydrogen-bond donors (Lipinski definition) is 2. The highest BCUT2D eigenvalue weighted by Crippen LogP contribution is 2.33. The summed E-state index contributed by atoms with van der Waals surface area (Å²) in [5.74, 6) is 0.814. The molecular formula is C17H27N3. The van der Waals surface area contributed by atoms with E-state index in [2.05, 4.69) is 28.6 Å². The van der Waals surface area contributed by atoms with E-state index in [1.165, 1.54) is 50.6 Å². The minimum Gasteiger partial charge on any atom is -0.314 e. The minimum atomic E-state index is 0.401. The monoisotopic (exact) mass is 273 g/mol. The molecule has 2 N–H and O–H groups in total. The Morgan fingerprint density at radius 2 is 2.20 bits per heavy atom. The first-order valence-electron chi connectivity index (χ1n) is 8.24. The topological polar surface area (TPSA) is 37.0 Å². The maximum Gasteiger partial charge on any atom is 0.0315 e. The molecule has 1 aliphatic heterocycles. The van der Waals surface area contributed by atoms with Gasteiger partial charge in [-0.3, -0.25) is 4.98 Å². The molecule has 2 heterocycles. The zero-order chi connectivity index (χ0) is 13.8. The van der Waals surface area contributed by atoms with E-state index in [1.807, 2.05) is 18.5 Å². The summed E-state index contributed by atoms with van der Waals surface area (Å²) in [4.78, 5) is 4.24. The standard InChI is InChI=1S/C17H27N3/c1-13(14-6-5-10-18-12-14)20-17-9-4-7-15(17)16-8-2-3-11-19-16/h5-6,10,12-13,15-17,19-20H,2-4,7-9,11H2,1H3. The van der Waals surface area contributed by atoms with E-state index < -0.39 is 0 Å². The molecule has 0 bridgehead atoms. The Hall–Kier alpha value is -0.930. The van der Waals surface area contributed by atoms with Crippen LogP contribution in [0.4, 0.5) is 0 Å². The third-order valence-electron chi connectivity index (χ3n) is 5.08. The number of rotatable bonds is 4. The maximum absolute atomic E-state index is 4.24. The molecule has 110 valence electrons. The number of hydrogen-bond acceptors (Lipinski definition) is 3. The summed E-state index contributed by atoms with van der Waals surface area (Å²) >= 11 is 0. The third-order valence-corrected chi connectivity index (χ3v) is 5.08. The summed E-state index contributed by atoms with van der Waals surface area (Å²) in [5.41, 5.74) is 1.30. The van der Waals surface area contributed by atoms with Gasteiger partial charge in [0, 0.05) is 30.5 Å². The van der Waals surface area contributed by atoms with E-state index in [1.54, 1.807) is 0 Å². The van der Waals surface area contributed by atoms with Gasteiger partial charge in [-0.05, 0) is 56.7 Å². The van der Waals surface area contributed by atoms with E-state index in [-0.39, 0.29) is 0 Å². The van der Waals surface area contributed by atoms with Crippen LogP contribution in [0.2, 0.25) is 0 Å². The number of aromatic nitrogens is 1. The molecule has 0 radical (unpaired) electrons. The van der Waals surface area contributed by atoms with Crippen LogP contribution in [-0.2, 0) is 0 Å². The lowest BCUT2D eigenvalue weighted by molar-refractivity contribution is 0.248. The van der Waals surface area contributed by atoms with Crippen LogP contribution in [0.25, 0.3) is 0 Å². The van der Waals surface area contributed by atoms with Crippen molar-refractivity contribution in [2.24, 2.45) is 5.92 Å². The van der Waals surface area contributed by atoms with Crippen molar-refractivity contribution in [3.05, 3.63) is 30.1 Å². The first kappa shape index (κ1) is 14.0. The van der Waals surface area contributed by atoms with Gasteiger partial charge in [-0.25, -0.2) is 0 Å². The zero-order valence-electron chi connectivity index (χ0n) is 12.5. The molecular weight excluding hydrogens is 246 g/mol. The number of piperidine rings is 1. The number of nitrogens with one attached hydrogen (secondary N) is 2. The summed E-state index contributed by atoms with van der Waals surface area (Å²) in [6.45, 7) is 3.48. The molecule has 1 saturated carbocycles. The van der Waals surface area contributed by atoms with Crippen molar-refractivity contribution in [3.8, 4) is 0 Å². The van der Waals surface area contributed by atoms with Crippen LogP contribution in [0.5, 0.6) is 0 Å². The molecule has 0 amide bonds. The van der Waals surface area contributed by atoms with Crippen LogP contribution in [-0.4, -0.2) is 23.6 Å². The van der Waals surface area contributed by atoms with Crippen molar-refractivity contribution in [1.29, 1.82) is 0 Å². The van der Waals surface area contributed by atoms with Gasteiger partial charge in [0.05, 0.1) is 0 Å². The molecule has 3 nitrogen and oxygen atoms in total. The largest absolute Gasteiger partial charge is 0.314 e. The van der Waals surface area contributed by atoms with Crippen molar-refractivity contribution >= 4 is 0 Å². The number of nitrogens with zero attached hydrogens (tertiary/aromatic N) is 1. The molecule has 4 atom stereocenters. The summed E-state index contributed by atoms with van der Waals surface area (Å²) in [5, 5.41) is 7.61. The Balaban J connectivity index is 1.61. The van der Waals surface area contributed by atoms with Gasteiger partial charge in [-0.1, -0.05) is 18.9 Å². The van der Waals surface area contributed by atoms with Crippen molar-refractivity contribution in [1.82, 2.24) is 15.6 Å². The molecule has 1 aromatic rings. The minimum absolute atomic E-state index is 0.401. The Kier molecular flexibility index (Phi) is 4.69. The molecule has 0 spiro atoms. The lowest BCUT2D eigenvalue weighted by atomic mass is 9.88. The predicted octanol–water partition coefficient (Wildman–Crippen LogP) is 3.04. The molecule has 1 aromatic heterocycles. The number of pyridine rings is 1. The van der Waals surface area contributed by atoms with Crippen LogP contribution >= 0.6 is 0 Å². The van der Waals surface area contributed by atoms with Gasteiger partial charge in [0.15, 0.2) is 0 Å². The van der Waals surface area contributed by atoms with Crippen molar-refractivity contribution < 1.29 is 0 Å². The average Bonchev–Trinajstić information content (AvgIpc) is 2.97. The van der Waals surface area contributed by atoms with Gasteiger partial charge < -0.3 is 10.6 Å². The van der Waals surface area contributed by atoms with E-state index in [4.69, 9.17) is 0 Å². The first-order chi connectivity index (χ1) is 9.84. The highest BCUT2D eigenvalue weighted by molar-refractivity contribution is 5.13. The molecule has 2 fully saturated rings. The third kappa shape index (κ3) is 3.21. The molecule has 4 unspecified atom stereocenters. The molecule has 3 rings (SSSR count). The normalized spacial score (nSPS) is 32.1. The summed E-state index contributed by atoms with van der Waals surface area (Å²) < 4.78 is 0. The van der Waals surface area contributed by atoms with Crippen LogP contribution in [0, 0.1) is 5.92 Å². The molecule has 3 heteroatoms. The lowest BCUT2D eigenvalue weighted by Crippen LogP contribution is -2.47. The van der Waals surface area contributed by atoms with Crippen molar-refractivity contribution in [2.45, 2.75) is 63.6 Å². The quantitative estimate of drug-likeness (QED) is 0.885. The smallest absolute Gasteiger partial charge is 0.0315 e. The van der Waals surface area contributed by atoms with Crippen molar-refractivity contribution in [2.75, 3.05) is 6.54 Å². The van der Waals surface area contributed by atoms with Gasteiger partial charge in [-0.2, -0.15) is 0 Å². The molecule has 1 aliphatic carbocycles. The fraction of sp³-hybridized carbons (Fsp3) is 0.706. The molecule has 0 aromatic carbocycles. The predicted molar refractivity (Wildman–Crippen MR) is 82.6 cm³/mol. The lowest BCUT2D eigenvalue weighted by Gasteiger charge is -2.34. The fourth-order valence-electron chi connectivity index (χ4n) is 3.97. The first-order valence-corrected chi connectivity index (χ1v) is 8.24. The molecule has 1 saturated heterocycles. The van der Waals surface area contributed by atoms with Crippen molar-refractivity contribution in [3.63, 3.8) is 0 Å². The highest BCUT2D eigenvalue weighted by Gasteiger charge is 2.34. The zero-order valence-corrected chi connectivity index (χ0v) is 12.5. The van der Waals surface area contributed by atoms with Crippen LogP contribution < -0.4 is 10.6 Å². The Morgan fingerprint density at radius 1 is 1.25 bits per heavy atom. The SMILES string of the molecule is CC(NC1CCCC1C1CCCCN1)c1cccnc1. The Bertz CT molecular complexity index is 400. The summed E-state index contributed by atoms with van der Waals surface area (Å²) in [7, 11) is 0. The average molecular weight is 273 g/mol. The van der Waals surface area contributed by atoms with Crippen LogP contribution in [0.15, 0.2) is 24.5 Å². The fourth-order valence-corrected chi connectivity index (χ4v) is 3.97. The second-order valence-electron chi connectivity index (χ2n) is 6.43. The Labute approximate surface area is 122 Å². The van der Waals surface area contributed by atoms with Gasteiger partial charge in [0.2, 0.25) is 0 Å². The van der Waals surface area contributed by atoms with Gasteiger partial charge in [-0.15, -0.1) is 0 Å². The maximum atomic E-state index is 4.24. The van der Waals surface area contributed by atoms with Gasteiger partial charge in [0.25, 0.3) is 0 Å². The van der Waals surface area contributed by atoms with Crippen LogP contribution in [0.1, 0.15) is 57.1 Å². The summed E-state index contributed by atoms with van der Waals surface area (Å²) in [6, 6.07) is 6.01. The molecule has 2 aliphatic rings. The van der Waals surface area contributed by atoms with Gasteiger partial charge in [0.1, 0.15) is 0 Å². The van der Waals surface area contributed by atoms with E-state index >= 15 is 0 Å². The highest BCUT2D eigenvalue weighted by atomic mass is 15.0. The van der Waals surface area contributed by atoms with E-state index in [0.29, 0.717) is 12.1 Å².